The highest BCUT2D eigenvalue weighted by molar-refractivity contribution is 6.30. The van der Waals surface area contributed by atoms with Crippen molar-refractivity contribution >= 4 is 11.6 Å². The summed E-state index contributed by atoms with van der Waals surface area (Å²) in [5.41, 5.74) is 2.54. The summed E-state index contributed by atoms with van der Waals surface area (Å²) in [5.74, 6) is -0.456. The summed E-state index contributed by atoms with van der Waals surface area (Å²) < 4.78 is 16.5. The minimum Gasteiger partial charge on any atom is -0.304 e. The Morgan fingerprint density at radius 1 is 1.35 bits per heavy atom. The molecule has 0 saturated heterocycles. The fourth-order valence-corrected chi connectivity index (χ4v) is 2.35. The molecule has 8 heteroatoms. The molecule has 0 spiro atoms. The van der Waals surface area contributed by atoms with Gasteiger partial charge in [0.1, 0.15) is 5.82 Å². The molecule has 0 aliphatic rings. The zero-order valence-electron chi connectivity index (χ0n) is 12.7. The molecule has 1 N–H and O–H groups in total. The van der Waals surface area contributed by atoms with Crippen LogP contribution in [0, 0.1) is 5.82 Å². The van der Waals surface area contributed by atoms with Gasteiger partial charge >= 0.3 is 0 Å². The first-order valence-electron chi connectivity index (χ1n) is 7.11. The van der Waals surface area contributed by atoms with Crippen LogP contribution in [0.2, 0.25) is 5.02 Å². The van der Waals surface area contributed by atoms with Crippen molar-refractivity contribution in [2.24, 2.45) is 7.05 Å². The number of hydrogen-bond donors (Lipinski definition) is 1. The van der Waals surface area contributed by atoms with Crippen LogP contribution in [0.3, 0.4) is 0 Å². The predicted octanol–water partition coefficient (Wildman–Crippen LogP) is 2.64. The fraction of sp³-hybridized carbons (Fsp3) is 0.267. The van der Waals surface area contributed by atoms with Crippen LogP contribution >= 0.6 is 11.6 Å². The third kappa shape index (κ3) is 3.57. The van der Waals surface area contributed by atoms with Crippen LogP contribution in [0.4, 0.5) is 4.39 Å². The molecule has 0 saturated carbocycles. The van der Waals surface area contributed by atoms with Gasteiger partial charge in [0.2, 0.25) is 0 Å². The van der Waals surface area contributed by atoms with Gasteiger partial charge in [-0.15, -0.1) is 5.10 Å². The second-order valence-electron chi connectivity index (χ2n) is 5.30. The van der Waals surface area contributed by atoms with Crippen molar-refractivity contribution in [1.82, 2.24) is 30.1 Å². The topological polar surface area (TPSA) is 60.6 Å². The van der Waals surface area contributed by atoms with Gasteiger partial charge in [-0.1, -0.05) is 16.8 Å². The summed E-state index contributed by atoms with van der Waals surface area (Å²) in [4.78, 5) is 0. The molecule has 2 heterocycles. The van der Waals surface area contributed by atoms with Crippen molar-refractivity contribution in [2.75, 3.05) is 0 Å². The Labute approximate surface area is 137 Å². The molecule has 0 fully saturated rings. The Balaban J connectivity index is 1.66. The van der Waals surface area contributed by atoms with E-state index in [1.807, 2.05) is 19.4 Å². The van der Waals surface area contributed by atoms with Gasteiger partial charge in [0.05, 0.1) is 28.8 Å². The summed E-state index contributed by atoms with van der Waals surface area (Å²) in [7, 11) is 1.88. The molecule has 0 aliphatic heterocycles. The first kappa shape index (κ1) is 15.6. The largest absolute Gasteiger partial charge is 0.304 e. The lowest BCUT2D eigenvalue weighted by molar-refractivity contribution is 0.566. The number of nitrogens with zero attached hydrogens (tertiary/aromatic N) is 5. The van der Waals surface area contributed by atoms with E-state index in [1.165, 1.54) is 12.1 Å². The lowest BCUT2D eigenvalue weighted by Crippen LogP contribution is -2.17. The van der Waals surface area contributed by atoms with E-state index in [1.54, 1.807) is 21.6 Å². The number of rotatable bonds is 5. The van der Waals surface area contributed by atoms with Crippen molar-refractivity contribution in [3.8, 4) is 5.69 Å². The predicted molar refractivity (Wildman–Crippen MR) is 84.8 cm³/mol. The summed E-state index contributed by atoms with van der Waals surface area (Å²) in [6, 6.07) is 4.57. The SMILES string of the molecule is C[C@H](NCc1cn(-c2ccc(F)c(Cl)c2)nn1)c1cnn(C)c1. The molecular weight excluding hydrogens is 319 g/mol. The first-order valence-corrected chi connectivity index (χ1v) is 7.49. The van der Waals surface area contributed by atoms with Gasteiger partial charge in [0.25, 0.3) is 0 Å². The van der Waals surface area contributed by atoms with Gasteiger partial charge in [-0.3, -0.25) is 4.68 Å². The lowest BCUT2D eigenvalue weighted by atomic mass is 10.2. The average Bonchev–Trinajstić information content (AvgIpc) is 3.17. The number of aryl methyl sites for hydroxylation is 1. The molecule has 6 nitrogen and oxygen atoms in total. The zero-order valence-corrected chi connectivity index (χ0v) is 13.5. The maximum Gasteiger partial charge on any atom is 0.141 e. The number of nitrogens with one attached hydrogen (secondary N) is 1. The molecule has 3 rings (SSSR count). The van der Waals surface area contributed by atoms with Crippen LogP contribution in [0.1, 0.15) is 24.2 Å². The van der Waals surface area contributed by atoms with Crippen molar-refractivity contribution < 1.29 is 4.39 Å². The second kappa shape index (κ2) is 6.47. The van der Waals surface area contributed by atoms with Gasteiger partial charge in [-0.2, -0.15) is 5.10 Å². The van der Waals surface area contributed by atoms with Gasteiger partial charge < -0.3 is 5.32 Å². The highest BCUT2D eigenvalue weighted by Crippen LogP contribution is 2.18. The zero-order chi connectivity index (χ0) is 16.4. The molecule has 0 aliphatic carbocycles. The highest BCUT2D eigenvalue weighted by atomic mass is 35.5. The van der Waals surface area contributed by atoms with Crippen LogP contribution in [0.25, 0.3) is 5.69 Å². The molecule has 1 atom stereocenters. The van der Waals surface area contributed by atoms with Crippen molar-refractivity contribution in [3.63, 3.8) is 0 Å². The van der Waals surface area contributed by atoms with Gasteiger partial charge in [0, 0.05) is 31.4 Å². The minimum atomic E-state index is -0.456. The number of halogens is 2. The van der Waals surface area contributed by atoms with E-state index in [0.29, 0.717) is 12.2 Å². The summed E-state index contributed by atoms with van der Waals surface area (Å²) >= 11 is 5.79. The molecule has 2 aromatic heterocycles. The monoisotopic (exact) mass is 334 g/mol. The van der Waals surface area contributed by atoms with Crippen LogP contribution in [-0.2, 0) is 13.6 Å². The lowest BCUT2D eigenvalue weighted by Gasteiger charge is -2.09. The van der Waals surface area contributed by atoms with Crippen molar-refractivity contribution in [1.29, 1.82) is 0 Å². The van der Waals surface area contributed by atoms with E-state index in [9.17, 15) is 4.39 Å². The van der Waals surface area contributed by atoms with Crippen LogP contribution in [0.5, 0.6) is 0 Å². The first-order chi connectivity index (χ1) is 11.0. The minimum absolute atomic E-state index is 0.0582. The molecule has 0 bridgehead atoms. The van der Waals surface area contributed by atoms with Crippen LogP contribution < -0.4 is 5.32 Å². The molecule has 1 aromatic carbocycles. The molecule has 0 amide bonds. The third-order valence-electron chi connectivity index (χ3n) is 3.52. The van der Waals surface area contributed by atoms with Crippen LogP contribution in [0.15, 0.2) is 36.8 Å². The number of benzene rings is 1. The summed E-state index contributed by atoms with van der Waals surface area (Å²) in [6.07, 6.45) is 5.58. The van der Waals surface area contributed by atoms with E-state index < -0.39 is 5.82 Å². The van der Waals surface area contributed by atoms with E-state index in [2.05, 4.69) is 27.7 Å². The Hall–Kier alpha value is -2.25. The normalized spacial score (nSPS) is 12.5. The fourth-order valence-electron chi connectivity index (χ4n) is 2.17. The maximum atomic E-state index is 13.2. The molecule has 120 valence electrons. The Kier molecular flexibility index (Phi) is 4.40. The van der Waals surface area contributed by atoms with E-state index in [4.69, 9.17) is 11.6 Å². The third-order valence-corrected chi connectivity index (χ3v) is 3.81. The quantitative estimate of drug-likeness (QED) is 0.779. The molecular formula is C15H16ClFN6. The van der Waals surface area contributed by atoms with E-state index >= 15 is 0 Å². The summed E-state index contributed by atoms with van der Waals surface area (Å²) in [6.45, 7) is 2.62. The van der Waals surface area contributed by atoms with Gasteiger partial charge in [-0.05, 0) is 25.1 Å². The van der Waals surface area contributed by atoms with Crippen LogP contribution in [-0.4, -0.2) is 24.8 Å². The molecule has 3 aromatic rings. The van der Waals surface area contributed by atoms with Gasteiger partial charge in [-0.25, -0.2) is 9.07 Å². The number of hydrogen-bond acceptors (Lipinski definition) is 4. The molecule has 0 unspecified atom stereocenters. The average molecular weight is 335 g/mol. The van der Waals surface area contributed by atoms with Crippen molar-refractivity contribution in [3.05, 3.63) is 58.9 Å². The highest BCUT2D eigenvalue weighted by Gasteiger charge is 2.09. The maximum absolute atomic E-state index is 13.2. The Morgan fingerprint density at radius 2 is 2.17 bits per heavy atom. The molecule has 23 heavy (non-hydrogen) atoms. The number of aromatic nitrogens is 5. The van der Waals surface area contributed by atoms with E-state index in [-0.39, 0.29) is 11.1 Å². The second-order valence-corrected chi connectivity index (χ2v) is 5.71. The van der Waals surface area contributed by atoms with E-state index in [0.717, 1.165) is 11.3 Å². The standard InChI is InChI=1S/C15H16ClFN6/c1-10(11-6-19-22(2)8-11)18-7-12-9-23(21-20-12)13-3-4-15(17)14(16)5-13/h3-6,8-10,18H,7H2,1-2H3/t10-/m0/s1. The Morgan fingerprint density at radius 3 is 2.87 bits per heavy atom. The smallest absolute Gasteiger partial charge is 0.141 e. The van der Waals surface area contributed by atoms with Gasteiger partial charge in [0.15, 0.2) is 0 Å². The van der Waals surface area contributed by atoms with Crippen molar-refractivity contribution in [2.45, 2.75) is 19.5 Å². The Bertz CT molecular complexity index is 812. The summed E-state index contributed by atoms with van der Waals surface area (Å²) in [5, 5.41) is 15.7. The molecule has 0 radical (unpaired) electrons.